The molecule has 0 fully saturated rings. The second kappa shape index (κ2) is 4.26. The van der Waals surface area contributed by atoms with Gasteiger partial charge in [0.2, 0.25) is 0 Å². The Hall–Kier alpha value is -1.33. The first kappa shape index (κ1) is 9.23. The Morgan fingerprint density at radius 1 is 1.29 bits per heavy atom. The fourth-order valence-electron chi connectivity index (χ4n) is 1.12. The molecular weight excluding hydrogens is 198 g/mol. The Bertz CT molecular complexity index is 376. The number of hydrogen-bond donors (Lipinski definition) is 1. The first-order chi connectivity index (χ1) is 6.86. The fraction of sp³-hybridized carbons (Fsp3) is 0.222. The third kappa shape index (κ3) is 2.12. The minimum Gasteiger partial charge on any atom is -0.386 e. The van der Waals surface area contributed by atoms with Crippen LogP contribution in [0.2, 0.25) is 0 Å². The monoisotopic (exact) mass is 207 g/mol. The first-order valence-electron chi connectivity index (χ1n) is 4.17. The maximum atomic E-state index is 9.77. The highest BCUT2D eigenvalue weighted by Crippen LogP contribution is 2.17. The van der Waals surface area contributed by atoms with Crippen molar-refractivity contribution in [3.05, 3.63) is 40.9 Å². The summed E-state index contributed by atoms with van der Waals surface area (Å²) in [6.45, 7) is 0. The van der Waals surface area contributed by atoms with Gasteiger partial charge in [0.05, 0.1) is 17.4 Å². The number of rotatable bonds is 3. The second-order valence-electron chi connectivity index (χ2n) is 2.82. The van der Waals surface area contributed by atoms with Gasteiger partial charge in [0, 0.05) is 29.9 Å². The summed E-state index contributed by atoms with van der Waals surface area (Å²) < 4.78 is 0. The van der Waals surface area contributed by atoms with Gasteiger partial charge in [0.25, 0.3) is 0 Å². The summed E-state index contributed by atoms with van der Waals surface area (Å²) >= 11 is 1.53. The zero-order valence-electron chi connectivity index (χ0n) is 7.37. The minimum atomic E-state index is -0.593. The lowest BCUT2D eigenvalue weighted by Gasteiger charge is -2.06. The highest BCUT2D eigenvalue weighted by atomic mass is 32.1. The molecule has 0 radical (unpaired) electrons. The molecule has 72 valence electrons. The minimum absolute atomic E-state index is 0.545. The van der Waals surface area contributed by atoms with Gasteiger partial charge in [-0.05, 0) is 0 Å². The van der Waals surface area contributed by atoms with E-state index in [9.17, 15) is 5.11 Å². The molecule has 14 heavy (non-hydrogen) atoms. The molecule has 1 unspecified atom stereocenters. The van der Waals surface area contributed by atoms with Crippen molar-refractivity contribution in [3.8, 4) is 0 Å². The molecule has 0 aliphatic rings. The van der Waals surface area contributed by atoms with Gasteiger partial charge in [-0.1, -0.05) is 0 Å². The zero-order chi connectivity index (χ0) is 9.80. The average molecular weight is 207 g/mol. The van der Waals surface area contributed by atoms with Crippen molar-refractivity contribution in [2.24, 2.45) is 0 Å². The van der Waals surface area contributed by atoms with Crippen LogP contribution in [0.4, 0.5) is 0 Å². The molecule has 0 aliphatic carbocycles. The van der Waals surface area contributed by atoms with Crippen LogP contribution in [-0.4, -0.2) is 20.1 Å². The lowest BCUT2D eigenvalue weighted by Crippen LogP contribution is -2.03. The summed E-state index contributed by atoms with van der Waals surface area (Å²) in [6.07, 6.45) is 6.44. The van der Waals surface area contributed by atoms with Gasteiger partial charge in [-0.2, -0.15) is 0 Å². The summed E-state index contributed by atoms with van der Waals surface area (Å²) in [5.74, 6) is 0. The molecule has 2 heterocycles. The van der Waals surface area contributed by atoms with Crippen LogP contribution >= 0.6 is 11.3 Å². The van der Waals surface area contributed by atoms with Crippen molar-refractivity contribution in [1.82, 2.24) is 15.0 Å². The van der Waals surface area contributed by atoms with Crippen LogP contribution in [0.25, 0.3) is 0 Å². The zero-order valence-corrected chi connectivity index (χ0v) is 8.18. The molecule has 2 rings (SSSR count). The number of aromatic nitrogens is 3. The van der Waals surface area contributed by atoms with Gasteiger partial charge < -0.3 is 5.11 Å². The summed E-state index contributed by atoms with van der Waals surface area (Å²) in [6, 6.07) is 0. The predicted molar refractivity (Wildman–Crippen MR) is 52.8 cm³/mol. The third-order valence-electron chi connectivity index (χ3n) is 1.80. The summed E-state index contributed by atoms with van der Waals surface area (Å²) in [4.78, 5) is 12.9. The number of aliphatic hydroxyl groups is 1. The SMILES string of the molecule is OC(Cc1cncs1)c1cnccn1. The molecule has 2 aromatic rings. The van der Waals surface area contributed by atoms with Crippen LogP contribution < -0.4 is 0 Å². The van der Waals surface area contributed by atoms with E-state index in [1.54, 1.807) is 30.3 Å². The molecule has 0 saturated heterocycles. The maximum Gasteiger partial charge on any atom is 0.102 e. The Balaban J connectivity index is 2.07. The van der Waals surface area contributed by atoms with Crippen LogP contribution in [-0.2, 0) is 6.42 Å². The van der Waals surface area contributed by atoms with Gasteiger partial charge in [0.15, 0.2) is 0 Å². The van der Waals surface area contributed by atoms with E-state index in [4.69, 9.17) is 0 Å². The van der Waals surface area contributed by atoms with Crippen molar-refractivity contribution < 1.29 is 5.11 Å². The van der Waals surface area contributed by atoms with Crippen molar-refractivity contribution in [1.29, 1.82) is 0 Å². The van der Waals surface area contributed by atoms with Crippen LogP contribution in [0.1, 0.15) is 16.7 Å². The fourth-order valence-corrected chi connectivity index (χ4v) is 1.75. The van der Waals surface area contributed by atoms with Crippen LogP contribution in [0, 0.1) is 0 Å². The molecule has 2 aromatic heterocycles. The Morgan fingerprint density at radius 2 is 2.21 bits per heavy atom. The van der Waals surface area contributed by atoms with Crippen molar-refractivity contribution in [3.63, 3.8) is 0 Å². The van der Waals surface area contributed by atoms with E-state index in [-0.39, 0.29) is 0 Å². The number of thiazole rings is 1. The highest BCUT2D eigenvalue weighted by Gasteiger charge is 2.10. The summed E-state index contributed by atoms with van der Waals surface area (Å²) in [5, 5.41) is 9.77. The standard InChI is InChI=1S/C9H9N3OS/c13-9(3-7-4-11-6-14-7)8-5-10-1-2-12-8/h1-2,4-6,9,13H,3H2. The summed E-state index contributed by atoms with van der Waals surface area (Å²) in [5.41, 5.74) is 2.35. The van der Waals surface area contributed by atoms with E-state index in [1.807, 2.05) is 0 Å². The molecule has 1 atom stereocenters. The van der Waals surface area contributed by atoms with Crippen molar-refractivity contribution in [2.45, 2.75) is 12.5 Å². The Kier molecular flexibility index (Phi) is 2.81. The molecule has 0 spiro atoms. The van der Waals surface area contributed by atoms with Gasteiger partial charge in [-0.3, -0.25) is 15.0 Å². The van der Waals surface area contributed by atoms with Gasteiger partial charge in [-0.25, -0.2) is 0 Å². The normalized spacial score (nSPS) is 12.6. The number of aliphatic hydroxyl groups excluding tert-OH is 1. The first-order valence-corrected chi connectivity index (χ1v) is 5.05. The van der Waals surface area contributed by atoms with Crippen molar-refractivity contribution >= 4 is 11.3 Å². The van der Waals surface area contributed by atoms with Crippen LogP contribution in [0.15, 0.2) is 30.3 Å². The highest BCUT2D eigenvalue weighted by molar-refractivity contribution is 7.09. The third-order valence-corrected chi connectivity index (χ3v) is 2.60. The molecule has 4 nitrogen and oxygen atoms in total. The van der Waals surface area contributed by atoms with E-state index in [0.717, 1.165) is 4.88 Å². The van der Waals surface area contributed by atoms with E-state index in [2.05, 4.69) is 15.0 Å². The lowest BCUT2D eigenvalue weighted by molar-refractivity contribution is 0.174. The number of nitrogens with zero attached hydrogens (tertiary/aromatic N) is 3. The average Bonchev–Trinajstić information content (AvgIpc) is 2.72. The van der Waals surface area contributed by atoms with E-state index >= 15 is 0 Å². The molecule has 1 N–H and O–H groups in total. The second-order valence-corrected chi connectivity index (χ2v) is 3.79. The summed E-state index contributed by atoms with van der Waals surface area (Å²) in [7, 11) is 0. The largest absolute Gasteiger partial charge is 0.386 e. The predicted octanol–water partition coefficient (Wildman–Crippen LogP) is 1.21. The topological polar surface area (TPSA) is 58.9 Å². The molecule has 0 bridgehead atoms. The molecule has 0 saturated carbocycles. The smallest absolute Gasteiger partial charge is 0.102 e. The quantitative estimate of drug-likeness (QED) is 0.821. The molecule has 0 amide bonds. The van der Waals surface area contributed by atoms with E-state index < -0.39 is 6.10 Å². The van der Waals surface area contributed by atoms with E-state index in [1.165, 1.54) is 11.3 Å². The molecule has 5 heteroatoms. The lowest BCUT2D eigenvalue weighted by atomic mass is 10.2. The van der Waals surface area contributed by atoms with Gasteiger partial charge in [0.1, 0.15) is 6.10 Å². The Morgan fingerprint density at radius 3 is 2.86 bits per heavy atom. The van der Waals surface area contributed by atoms with Crippen LogP contribution in [0.3, 0.4) is 0 Å². The van der Waals surface area contributed by atoms with Gasteiger partial charge in [-0.15, -0.1) is 11.3 Å². The Labute approximate surface area is 85.3 Å². The van der Waals surface area contributed by atoms with Crippen LogP contribution in [0.5, 0.6) is 0 Å². The van der Waals surface area contributed by atoms with Crippen molar-refractivity contribution in [2.75, 3.05) is 0 Å². The molecule has 0 aromatic carbocycles. The maximum absolute atomic E-state index is 9.77. The molecule has 0 aliphatic heterocycles. The van der Waals surface area contributed by atoms with Gasteiger partial charge >= 0.3 is 0 Å². The number of hydrogen-bond acceptors (Lipinski definition) is 5. The molecular formula is C9H9N3OS. The van der Waals surface area contributed by atoms with E-state index in [0.29, 0.717) is 12.1 Å².